The van der Waals surface area contributed by atoms with Crippen LogP contribution in [0.3, 0.4) is 0 Å². The second kappa shape index (κ2) is 114. The summed E-state index contributed by atoms with van der Waals surface area (Å²) >= 11 is -4.13. The van der Waals surface area contributed by atoms with Crippen molar-refractivity contribution >= 4 is 85.1 Å². The van der Waals surface area contributed by atoms with E-state index < -0.39 is 104 Å². The number of aryl methyl sites for hydroxylation is 1. The van der Waals surface area contributed by atoms with Crippen molar-refractivity contribution in [3.8, 4) is 0 Å². The van der Waals surface area contributed by atoms with Crippen LogP contribution in [0, 0.1) is 199 Å². The van der Waals surface area contributed by atoms with E-state index in [0.29, 0.717) is 0 Å². The Kier molecular flexibility index (Phi) is 131. The standard InChI is InChI=1S/C18H22.C13H20.C13H18.2C12H16.C10H20.4C9H18.10CH3.10ClH.5Zr/c1-2-7-15(8-3-1)9-6-11-17-14-13-16-10-4-5-12-18(16)17;2*1-2-3-6-11-9-10-12-7-4-5-8-13(11)12;2*1-2-5-10-8-9-11-6-3-4-7-12(10)11;1-3-4-5-10-7-6-9(2)8-10;4*1-2-3-6-9-7-4-5-8-9;;;;;;;;;;;;;;;;;;;;;;;;;/h1-5,7-8,10,12,16-18H,6,9,11,13-14H2;4-5,7-8,11-13H,2-3,6,9-10H2,1H3;2,4-5,7-8,11-13H,1,3,6,9-10H2;2*2-4,6-7,10-12H,1,5,8-9H2;9-10H,3-8H2,1-2H3;4*9H,2-8H2,1H3;10*1H3;10*1H;;;;;/q;;;;;;;;;;10*-1;;;;;;;;;;;5*+4/p-10. The number of benzene rings is 1. The first kappa shape index (κ1) is 160. The van der Waals surface area contributed by atoms with Gasteiger partial charge in [0.1, 0.15) is 0 Å². The first-order valence-electron chi connectivity index (χ1n) is 52.7. The molecule has 139 heavy (non-hydrogen) atoms. The topological polar surface area (TPSA) is 0 Å². The summed E-state index contributed by atoms with van der Waals surface area (Å²) in [7, 11) is 49.3. The predicted molar refractivity (Wildman–Crippen MR) is 633 cm³/mol. The molecule has 0 nitrogen and oxygen atoms in total. The molecule has 800 valence electrons. The van der Waals surface area contributed by atoms with Crippen LogP contribution in [0.15, 0.2) is 190 Å². The average molecular weight is 2520 g/mol. The number of unbranched alkanes of at least 4 members (excludes halogenated alkanes) is 6. The van der Waals surface area contributed by atoms with Crippen molar-refractivity contribution in [2.45, 2.75) is 395 Å². The fraction of sp³-hybridized carbons (Fsp3) is 0.661. The van der Waals surface area contributed by atoms with Crippen LogP contribution in [0.25, 0.3) is 0 Å². The van der Waals surface area contributed by atoms with Crippen molar-refractivity contribution in [3.05, 3.63) is 270 Å². The Morgan fingerprint density at radius 1 is 0.259 bits per heavy atom. The third kappa shape index (κ3) is 77.2. The zero-order valence-corrected chi connectivity index (χ0v) is 112. The fourth-order valence-corrected chi connectivity index (χ4v) is 23.6. The van der Waals surface area contributed by atoms with E-state index in [1.807, 2.05) is 0 Å². The molecule has 1 aromatic rings. The van der Waals surface area contributed by atoms with Gasteiger partial charge in [-0.2, -0.15) is 0 Å². The summed E-state index contributed by atoms with van der Waals surface area (Å²) in [5, 5.41) is 0. The summed E-state index contributed by atoms with van der Waals surface area (Å²) in [6, 6.07) is 10.9. The van der Waals surface area contributed by atoms with Gasteiger partial charge in [0.15, 0.2) is 0 Å². The van der Waals surface area contributed by atoms with Crippen molar-refractivity contribution < 1.29 is 104 Å². The van der Waals surface area contributed by atoms with Gasteiger partial charge in [-0.3, -0.25) is 0 Å². The van der Waals surface area contributed by atoms with E-state index in [-0.39, 0.29) is 74.3 Å². The zero-order valence-electron chi connectivity index (χ0n) is 92.4. The van der Waals surface area contributed by atoms with Gasteiger partial charge in [0.2, 0.25) is 0 Å². The van der Waals surface area contributed by atoms with Crippen molar-refractivity contribution in [2.75, 3.05) is 0 Å². The van der Waals surface area contributed by atoms with E-state index >= 15 is 0 Å². The molecule has 0 bridgehead atoms. The molecule has 15 aliphatic rings. The molecular formula is C124H214Cl10Zr5. The molecule has 10 fully saturated rings. The summed E-state index contributed by atoms with van der Waals surface area (Å²) in [5.41, 5.74) is 1.49. The van der Waals surface area contributed by atoms with E-state index in [1.165, 1.54) is 352 Å². The Labute approximate surface area is 966 Å². The first-order chi connectivity index (χ1) is 63.2. The average Bonchev–Trinajstić information content (AvgIpc) is 1.71. The molecule has 0 heterocycles. The van der Waals surface area contributed by atoms with E-state index in [1.54, 1.807) is 0 Å². The van der Waals surface area contributed by atoms with Crippen LogP contribution in [0.1, 0.15) is 394 Å². The van der Waals surface area contributed by atoms with Crippen LogP contribution >= 0.6 is 85.1 Å². The summed E-state index contributed by atoms with van der Waals surface area (Å²) in [4.78, 5) is 0. The van der Waals surface area contributed by atoms with Crippen molar-refractivity contribution in [1.29, 1.82) is 0 Å². The summed E-state index contributed by atoms with van der Waals surface area (Å²) in [6.07, 6.45) is 130. The molecule has 0 aliphatic heterocycles. The number of fused-ring (bicyclic) bond motifs is 5. The van der Waals surface area contributed by atoms with Crippen molar-refractivity contribution in [2.24, 2.45) is 124 Å². The van der Waals surface area contributed by atoms with Gasteiger partial charge in [-0.05, 0) is 252 Å². The molecule has 0 saturated heterocycles. The Morgan fingerprint density at radius 2 is 0.489 bits per heavy atom. The molecule has 15 aliphatic carbocycles. The van der Waals surface area contributed by atoms with E-state index in [2.05, 4.69) is 238 Å². The number of rotatable bonds is 29. The molecule has 0 amide bonds. The fourth-order valence-electron chi connectivity index (χ4n) is 23.6. The van der Waals surface area contributed by atoms with E-state index in [9.17, 15) is 0 Å². The van der Waals surface area contributed by atoms with Gasteiger partial charge >= 0.3 is 189 Å². The van der Waals surface area contributed by atoms with Gasteiger partial charge in [0.25, 0.3) is 0 Å². The molecule has 0 radical (unpaired) electrons. The zero-order chi connectivity index (χ0) is 94.2. The minimum atomic E-state index is -0.826. The molecule has 0 aromatic heterocycles. The third-order valence-corrected chi connectivity index (χ3v) is 30.6. The van der Waals surface area contributed by atoms with Crippen LogP contribution in [0.5, 0.6) is 0 Å². The predicted octanol–water partition coefficient (Wildman–Crippen LogP) is 47.6. The number of halogens is 10. The Hall–Kier alpha value is 3.16. The van der Waals surface area contributed by atoms with E-state index in [0.717, 1.165) is 124 Å². The molecule has 16 rings (SSSR count). The van der Waals surface area contributed by atoms with Crippen molar-refractivity contribution in [3.63, 3.8) is 0 Å². The van der Waals surface area contributed by atoms with Crippen LogP contribution in [-0.4, -0.2) is 0 Å². The van der Waals surface area contributed by atoms with E-state index in [4.69, 9.17) is 85.1 Å². The number of hydrogen-bond acceptors (Lipinski definition) is 0. The minimum absolute atomic E-state index is 0. The molecule has 15 heteroatoms. The van der Waals surface area contributed by atoms with Crippen molar-refractivity contribution in [1.82, 2.24) is 0 Å². The first-order valence-corrected chi connectivity index (χ1v) is 84.3. The van der Waals surface area contributed by atoms with Gasteiger partial charge in [-0.15, -0.1) is 19.7 Å². The Bertz CT molecular complexity index is 2900. The van der Waals surface area contributed by atoms with Crippen LogP contribution in [0.2, 0.25) is 0 Å². The van der Waals surface area contributed by atoms with Gasteiger partial charge in [0.05, 0.1) is 0 Å². The summed E-state index contributed by atoms with van der Waals surface area (Å²) in [5.74, 6) is 19.6. The summed E-state index contributed by atoms with van der Waals surface area (Å²) < 4.78 is 0. The van der Waals surface area contributed by atoms with Crippen LogP contribution < -0.4 is 0 Å². The van der Waals surface area contributed by atoms with Crippen LogP contribution in [0.4, 0.5) is 0 Å². The SMILES string of the molecule is C1=CC2CCC(CCCc3ccccc3)C2C=C1.C=CCC1CCC2C=CC=CC21.C=CCC1CCC2C=CC=CC21.C=CCCC1CCC2C=CC=CC21.CCCCC1CCC(C)C1.CCCCC1CCC2C=CC=CC21.CCCCC1CCCC1.CCCCC1CCCC1.CCCCC1CCCC1.CCCCC1CCCC1.[CH3-].[CH3-].[CH3-].[CH3-].[CH3-].[CH3-].[CH3-].[CH3-].[CH3-].[CH3-].[Cl][Zr+2][Cl].[Cl][Zr+2][Cl].[Cl][Zr+2][Cl].[Cl][Zr+2][Cl].[Cl][Zr+2][Cl]. The monoisotopic (exact) mass is 2500 g/mol. The molecule has 17 unspecified atom stereocenters. The summed E-state index contributed by atoms with van der Waals surface area (Å²) in [6.45, 7) is 27.6. The molecule has 1 aromatic carbocycles. The second-order valence-corrected chi connectivity index (χ2v) is 58.3. The van der Waals surface area contributed by atoms with Gasteiger partial charge in [-0.25, -0.2) is 0 Å². The molecule has 0 N–H and O–H groups in total. The van der Waals surface area contributed by atoms with Crippen LogP contribution in [-0.2, 0) is 111 Å². The molecule has 10 saturated carbocycles. The maximum atomic E-state index is 4.93. The Morgan fingerprint density at radius 3 is 0.734 bits per heavy atom. The molecule has 17 atom stereocenters. The maximum absolute atomic E-state index is 4.93. The van der Waals surface area contributed by atoms with Gasteiger partial charge < -0.3 is 74.3 Å². The number of hydrogen-bond donors (Lipinski definition) is 0. The normalized spacial score (nSPS) is 25.4. The number of allylic oxidation sites excluding steroid dienone is 23. The van der Waals surface area contributed by atoms with Gasteiger partial charge in [-0.1, -0.05) is 443 Å². The Balaban J connectivity index is -0.000000189. The third-order valence-electron chi connectivity index (χ3n) is 30.6. The second-order valence-electron chi connectivity index (χ2n) is 39.6. The molecular weight excluding hydrogens is 2300 g/mol. The van der Waals surface area contributed by atoms with Gasteiger partial charge in [0, 0.05) is 0 Å². The quantitative estimate of drug-likeness (QED) is 0.0554. The molecule has 0 spiro atoms.